The van der Waals surface area contributed by atoms with Gasteiger partial charge in [0.25, 0.3) is 0 Å². The molecule has 0 N–H and O–H groups in total. The van der Waals surface area contributed by atoms with E-state index < -0.39 is 40.2 Å². The van der Waals surface area contributed by atoms with Crippen molar-refractivity contribution in [3.05, 3.63) is 104 Å². The van der Waals surface area contributed by atoms with Crippen LogP contribution in [0.15, 0.2) is 76.4 Å². The second-order valence-electron chi connectivity index (χ2n) is 18.2. The van der Waals surface area contributed by atoms with Crippen LogP contribution in [0.25, 0.3) is 17.6 Å². The maximum atomic E-state index is 15.6. The number of halogens is 1. The van der Waals surface area contributed by atoms with Crippen LogP contribution < -0.4 is 14.2 Å². The molecule has 0 amide bonds. The summed E-state index contributed by atoms with van der Waals surface area (Å²) in [5.74, 6) is 0.256. The number of Topliss-reactive ketones (excluding diaryl/α,β-unsaturated/α-hetero) is 2. The molecule has 6 atom stereocenters. The van der Waals surface area contributed by atoms with E-state index in [1.807, 2.05) is 38.1 Å². The molecule has 10 rings (SSSR count). The largest absolute Gasteiger partial charge is 0.482 e. The molecule has 4 aliphatic carbocycles. The lowest BCUT2D eigenvalue weighted by molar-refractivity contribution is -0.181. The molecule has 2 aromatic carbocycles. The van der Waals surface area contributed by atoms with Crippen molar-refractivity contribution in [1.82, 2.24) is 0 Å². The third-order valence-corrected chi connectivity index (χ3v) is 13.8. The first kappa shape index (κ1) is 39.8. The monoisotopic (exact) mass is 862 g/mol. The van der Waals surface area contributed by atoms with E-state index in [0.29, 0.717) is 69.4 Å². The Morgan fingerprint density at radius 2 is 1.68 bits per heavy atom. The molecule has 6 unspecified atom stereocenters. The first-order valence-corrected chi connectivity index (χ1v) is 21.7. The zero-order chi connectivity index (χ0) is 42.0. The molecule has 10 heteroatoms. The van der Waals surface area contributed by atoms with Crippen LogP contribution in [0, 0.1) is 17.8 Å². The van der Waals surface area contributed by atoms with Gasteiger partial charge in [-0.25, -0.2) is 4.79 Å². The van der Waals surface area contributed by atoms with Crippen molar-refractivity contribution in [3.63, 3.8) is 0 Å². The minimum Gasteiger partial charge on any atom is -0.482 e. The van der Waals surface area contributed by atoms with E-state index in [4.69, 9.17) is 28.4 Å². The van der Waals surface area contributed by atoms with E-state index in [1.165, 1.54) is 12.7 Å². The highest BCUT2D eigenvalue weighted by Gasteiger charge is 2.84. The summed E-state index contributed by atoms with van der Waals surface area (Å²) in [5, 5.41) is 0. The molecule has 308 valence electrons. The summed E-state index contributed by atoms with van der Waals surface area (Å²) in [7, 11) is 1.34. The molecule has 59 heavy (non-hydrogen) atoms. The number of allylic oxidation sites excluding steroid dienone is 5. The first-order chi connectivity index (χ1) is 28.0. The van der Waals surface area contributed by atoms with Gasteiger partial charge in [0, 0.05) is 52.0 Å². The van der Waals surface area contributed by atoms with Gasteiger partial charge in [-0.1, -0.05) is 53.6 Å². The van der Waals surface area contributed by atoms with Crippen LogP contribution in [-0.2, 0) is 30.2 Å². The Bertz CT molecular complexity index is 2450. The van der Waals surface area contributed by atoms with Gasteiger partial charge in [-0.2, -0.15) is 0 Å². The van der Waals surface area contributed by atoms with E-state index >= 15 is 4.79 Å². The van der Waals surface area contributed by atoms with Crippen LogP contribution in [0.4, 0.5) is 0 Å². The lowest BCUT2D eigenvalue weighted by Crippen LogP contribution is -2.75. The molecule has 2 aromatic rings. The zero-order valence-electron chi connectivity index (χ0n) is 35.2. The molecule has 4 bridgehead atoms. The molecule has 9 nitrogen and oxygen atoms in total. The van der Waals surface area contributed by atoms with Crippen molar-refractivity contribution < 1.29 is 42.8 Å². The van der Waals surface area contributed by atoms with Crippen molar-refractivity contribution in [1.29, 1.82) is 0 Å². The Labute approximate surface area is 354 Å². The number of carbonyl (C=O) groups is 3. The highest BCUT2D eigenvalue weighted by Crippen LogP contribution is 2.75. The highest BCUT2D eigenvalue weighted by atomic mass is 79.9. The van der Waals surface area contributed by atoms with Gasteiger partial charge in [-0.15, -0.1) is 0 Å². The summed E-state index contributed by atoms with van der Waals surface area (Å²) in [6.07, 6.45) is 12.8. The highest BCUT2D eigenvalue weighted by molar-refractivity contribution is 9.09. The number of ether oxygens (including phenoxy) is 6. The lowest BCUT2D eigenvalue weighted by atomic mass is 9.45. The van der Waals surface area contributed by atoms with E-state index in [-0.39, 0.29) is 29.4 Å². The number of benzene rings is 2. The molecule has 4 fully saturated rings. The first-order valence-electron chi connectivity index (χ1n) is 20.6. The quantitative estimate of drug-likeness (QED) is 0.0999. The Morgan fingerprint density at radius 3 is 2.37 bits per heavy atom. The van der Waals surface area contributed by atoms with Crippen LogP contribution in [0.2, 0.25) is 0 Å². The van der Waals surface area contributed by atoms with Crippen LogP contribution in [0.1, 0.15) is 114 Å². The molecule has 4 heterocycles. The second kappa shape index (κ2) is 13.7. The van der Waals surface area contributed by atoms with E-state index in [9.17, 15) is 9.59 Å². The smallest absolute Gasteiger partial charge is 0.333 e. The Hall–Kier alpha value is -4.67. The average molecular weight is 864 g/mol. The van der Waals surface area contributed by atoms with Crippen LogP contribution in [-0.4, -0.2) is 52.6 Å². The summed E-state index contributed by atoms with van der Waals surface area (Å²) in [6.45, 7) is 16.1. The summed E-state index contributed by atoms with van der Waals surface area (Å²) in [6, 6.07) is 7.49. The van der Waals surface area contributed by atoms with Crippen molar-refractivity contribution in [2.45, 2.75) is 110 Å². The summed E-state index contributed by atoms with van der Waals surface area (Å²) in [5.41, 5.74) is 2.98. The molecule has 0 radical (unpaired) electrons. The number of alkyl halides is 1. The van der Waals surface area contributed by atoms with E-state index in [2.05, 4.69) is 74.9 Å². The van der Waals surface area contributed by atoms with Gasteiger partial charge < -0.3 is 28.4 Å². The molecule has 8 aliphatic rings. The Kier molecular flexibility index (Phi) is 9.22. The fourth-order valence-electron chi connectivity index (χ4n) is 11.1. The van der Waals surface area contributed by atoms with Crippen LogP contribution in [0.5, 0.6) is 17.2 Å². The fourth-order valence-corrected chi connectivity index (χ4v) is 11.3. The fraction of sp³-hybridized carbons (Fsp3) is 0.449. The molecule has 1 saturated heterocycles. The predicted octanol–water partition coefficient (Wildman–Crippen LogP) is 10.2. The number of hydrogen-bond acceptors (Lipinski definition) is 9. The normalized spacial score (nSPS) is 29.7. The van der Waals surface area contributed by atoms with E-state index in [1.54, 1.807) is 13.0 Å². The topological polar surface area (TPSA) is 107 Å². The maximum absolute atomic E-state index is 15.6. The lowest BCUT2D eigenvalue weighted by Gasteiger charge is -2.62. The van der Waals surface area contributed by atoms with Crippen molar-refractivity contribution >= 4 is 51.1 Å². The summed E-state index contributed by atoms with van der Waals surface area (Å²) in [4.78, 5) is 43.1. The Balaban J connectivity index is 1.37. The number of hydrogen-bond donors (Lipinski definition) is 0. The third-order valence-electron chi connectivity index (χ3n) is 13.6. The van der Waals surface area contributed by atoms with Gasteiger partial charge >= 0.3 is 5.97 Å². The van der Waals surface area contributed by atoms with Gasteiger partial charge in [0.05, 0.1) is 23.8 Å². The number of fused-ring (bicyclic) bond motifs is 5. The van der Waals surface area contributed by atoms with Crippen molar-refractivity contribution in [3.8, 4) is 17.2 Å². The minimum absolute atomic E-state index is 0.0444. The minimum atomic E-state index is -1.58. The van der Waals surface area contributed by atoms with Gasteiger partial charge in [0.1, 0.15) is 45.4 Å². The van der Waals surface area contributed by atoms with Gasteiger partial charge in [-0.3, -0.25) is 9.59 Å². The molecule has 3 saturated carbocycles. The van der Waals surface area contributed by atoms with Gasteiger partial charge in [-0.05, 0) is 109 Å². The van der Waals surface area contributed by atoms with E-state index in [0.717, 1.165) is 35.1 Å². The third kappa shape index (κ3) is 5.47. The summed E-state index contributed by atoms with van der Waals surface area (Å²) >= 11 is 3.57. The van der Waals surface area contributed by atoms with Gasteiger partial charge in [0.2, 0.25) is 0 Å². The molecular formula is C49H51BrO9. The number of esters is 1. The number of carbonyl (C=O) groups excluding carboxylic acids is 3. The molecule has 1 spiro atoms. The van der Waals surface area contributed by atoms with Gasteiger partial charge in [0.15, 0.2) is 22.8 Å². The SMILES string of the molecule is COC(=O)C(C)=CCC12OC(C)(C)C3CC(C1=O)C1C4=C(OC5=C1C32Oc1c(CC=C(C)C)c2c(c(OCBr)c15)C=CC(C)(CCC=C(C)C)O2)c1ccccc1C4=O. The second-order valence-corrected chi connectivity index (χ2v) is 18.7. The number of methoxy groups -OCH3 is 1. The molecular weight excluding hydrogens is 812 g/mol. The summed E-state index contributed by atoms with van der Waals surface area (Å²) < 4.78 is 41.1. The number of ketones is 2. The molecule has 4 aliphatic heterocycles. The Morgan fingerprint density at radius 1 is 0.949 bits per heavy atom. The van der Waals surface area contributed by atoms with Crippen molar-refractivity contribution in [2.75, 3.05) is 12.6 Å². The standard InChI is InChI=1S/C49H51BrO9/c1-25(2)13-12-20-47(8)21-19-31-39(57-47)30(17-16-26(3)4)42-36(40(31)55-24-50)43-37-34(35-38(51)28-14-10-11-15-29(28)41(35)56-43)32-23-33-46(6,7)59-48(44(32)52,49(33,37)58-42)22-18-27(5)45(53)54-9/h10-11,13-16,18-19,21,32-34H,12,17,20,22-24H2,1-9H3. The van der Waals surface area contributed by atoms with Crippen LogP contribution >= 0.6 is 15.9 Å². The average Bonchev–Trinajstić information content (AvgIpc) is 3.55. The molecule has 0 aromatic heterocycles. The number of rotatable bonds is 10. The van der Waals surface area contributed by atoms with Crippen LogP contribution in [0.3, 0.4) is 0 Å². The zero-order valence-corrected chi connectivity index (χ0v) is 36.8. The van der Waals surface area contributed by atoms with Crippen molar-refractivity contribution in [2.24, 2.45) is 17.8 Å². The maximum Gasteiger partial charge on any atom is 0.333 e. The predicted molar refractivity (Wildman–Crippen MR) is 228 cm³/mol.